The minimum Gasteiger partial charge on any atom is -0.371 e. The van der Waals surface area contributed by atoms with Crippen LogP contribution < -0.4 is 16.2 Å². The number of anilines is 2. The summed E-state index contributed by atoms with van der Waals surface area (Å²) in [5.74, 6) is 6.96. The van der Waals surface area contributed by atoms with Crippen LogP contribution in [-0.4, -0.2) is 18.1 Å². The van der Waals surface area contributed by atoms with E-state index in [1.54, 1.807) is 6.20 Å². The molecule has 1 aromatic rings. The first-order chi connectivity index (χ1) is 7.33. The van der Waals surface area contributed by atoms with E-state index in [1.165, 1.54) is 18.5 Å². The van der Waals surface area contributed by atoms with Gasteiger partial charge in [-0.15, -0.1) is 0 Å². The van der Waals surface area contributed by atoms with E-state index in [0.717, 1.165) is 24.8 Å². The van der Waals surface area contributed by atoms with Crippen LogP contribution in [0.4, 0.5) is 11.5 Å². The smallest absolute Gasteiger partial charge is 0.141 e. The molecule has 15 heavy (non-hydrogen) atoms. The fraction of sp³-hybridized carbons (Fsp3) is 0.545. The van der Waals surface area contributed by atoms with E-state index in [9.17, 15) is 0 Å². The summed E-state index contributed by atoms with van der Waals surface area (Å²) in [5, 5.41) is 0. The molecule has 0 bridgehead atoms. The fourth-order valence-corrected chi connectivity index (χ4v) is 1.72. The van der Waals surface area contributed by atoms with Gasteiger partial charge in [-0.25, -0.2) is 10.8 Å². The first kappa shape index (κ1) is 10.2. The van der Waals surface area contributed by atoms with Crippen molar-refractivity contribution in [3.8, 4) is 0 Å². The molecular weight excluding hydrogens is 188 g/mol. The number of hydrogen-bond donors (Lipinski definition) is 2. The minimum atomic E-state index is 0.724. The Morgan fingerprint density at radius 3 is 3.00 bits per heavy atom. The van der Waals surface area contributed by atoms with Crippen LogP contribution in [0.2, 0.25) is 0 Å². The van der Waals surface area contributed by atoms with E-state index in [1.807, 2.05) is 12.1 Å². The average molecular weight is 206 g/mol. The lowest BCUT2D eigenvalue weighted by molar-refractivity contribution is 0.741. The summed E-state index contributed by atoms with van der Waals surface area (Å²) in [6.07, 6.45) is 4.55. The highest BCUT2D eigenvalue weighted by Crippen LogP contribution is 2.31. The molecule has 0 radical (unpaired) electrons. The predicted molar refractivity (Wildman–Crippen MR) is 62.7 cm³/mol. The molecule has 1 heterocycles. The van der Waals surface area contributed by atoms with Crippen molar-refractivity contribution >= 4 is 11.5 Å². The van der Waals surface area contributed by atoms with Crippen LogP contribution in [0.3, 0.4) is 0 Å². The number of hydrazine groups is 1. The zero-order valence-corrected chi connectivity index (χ0v) is 9.11. The van der Waals surface area contributed by atoms with Gasteiger partial charge in [0.05, 0.1) is 0 Å². The summed E-state index contributed by atoms with van der Waals surface area (Å²) in [7, 11) is 0. The Bertz CT molecular complexity index is 322. The lowest BCUT2D eigenvalue weighted by Crippen LogP contribution is -2.25. The molecule has 1 aliphatic rings. The number of nitrogens with two attached hydrogens (primary N) is 1. The van der Waals surface area contributed by atoms with E-state index in [0.29, 0.717) is 0 Å². The van der Waals surface area contributed by atoms with E-state index in [-0.39, 0.29) is 0 Å². The number of nitrogens with zero attached hydrogens (tertiary/aromatic N) is 2. The number of aromatic nitrogens is 1. The molecule has 82 valence electrons. The van der Waals surface area contributed by atoms with E-state index in [2.05, 4.69) is 22.2 Å². The van der Waals surface area contributed by atoms with Gasteiger partial charge < -0.3 is 10.3 Å². The van der Waals surface area contributed by atoms with Crippen molar-refractivity contribution < 1.29 is 0 Å². The second kappa shape index (κ2) is 4.49. The van der Waals surface area contributed by atoms with Crippen LogP contribution in [0.1, 0.15) is 19.8 Å². The maximum absolute atomic E-state index is 5.34. The first-order valence-corrected chi connectivity index (χ1v) is 5.51. The Hall–Kier alpha value is -1.29. The van der Waals surface area contributed by atoms with Gasteiger partial charge in [-0.3, -0.25) is 0 Å². The molecule has 0 saturated heterocycles. The number of rotatable bonds is 5. The molecule has 4 nitrogen and oxygen atoms in total. The summed E-state index contributed by atoms with van der Waals surface area (Å²) in [6.45, 7) is 4.37. The SMILES string of the molecule is CCN(CC1CC1)c1ccnc(NN)c1. The average Bonchev–Trinajstić information content (AvgIpc) is 3.10. The molecular formula is C11H18N4. The van der Waals surface area contributed by atoms with Gasteiger partial charge in [-0.1, -0.05) is 0 Å². The zero-order chi connectivity index (χ0) is 10.7. The van der Waals surface area contributed by atoms with Crippen molar-refractivity contribution in [2.24, 2.45) is 11.8 Å². The van der Waals surface area contributed by atoms with Gasteiger partial charge in [-0.05, 0) is 31.7 Å². The van der Waals surface area contributed by atoms with Crippen LogP contribution in [0, 0.1) is 5.92 Å². The molecule has 4 heteroatoms. The third kappa shape index (κ3) is 2.59. The Morgan fingerprint density at radius 1 is 1.60 bits per heavy atom. The molecule has 0 spiro atoms. The van der Waals surface area contributed by atoms with Crippen molar-refractivity contribution in [1.29, 1.82) is 0 Å². The van der Waals surface area contributed by atoms with Crippen molar-refractivity contribution in [3.05, 3.63) is 18.3 Å². The Morgan fingerprint density at radius 2 is 2.40 bits per heavy atom. The maximum atomic E-state index is 5.34. The predicted octanol–water partition coefficient (Wildman–Crippen LogP) is 1.60. The lowest BCUT2D eigenvalue weighted by atomic mass is 10.3. The molecule has 1 aliphatic carbocycles. The molecule has 0 aromatic carbocycles. The van der Waals surface area contributed by atoms with Gasteiger partial charge in [0.25, 0.3) is 0 Å². The van der Waals surface area contributed by atoms with Gasteiger partial charge in [0.15, 0.2) is 0 Å². The monoisotopic (exact) mass is 206 g/mol. The standard InChI is InChI=1S/C11H18N4/c1-2-15(8-9-3-4-9)10-5-6-13-11(7-10)14-12/h5-7,9H,2-4,8,12H2,1H3,(H,13,14). The Balaban J connectivity index is 2.09. The van der Waals surface area contributed by atoms with Crippen molar-refractivity contribution in [2.75, 3.05) is 23.4 Å². The van der Waals surface area contributed by atoms with Crippen LogP contribution in [-0.2, 0) is 0 Å². The summed E-state index contributed by atoms with van der Waals surface area (Å²) in [4.78, 5) is 6.48. The quantitative estimate of drug-likeness (QED) is 0.567. The van der Waals surface area contributed by atoms with E-state index in [4.69, 9.17) is 5.84 Å². The van der Waals surface area contributed by atoms with Crippen molar-refractivity contribution in [2.45, 2.75) is 19.8 Å². The second-order valence-corrected chi connectivity index (χ2v) is 4.03. The van der Waals surface area contributed by atoms with Crippen LogP contribution in [0.25, 0.3) is 0 Å². The molecule has 3 N–H and O–H groups in total. The summed E-state index contributed by atoms with van der Waals surface area (Å²) in [6, 6.07) is 4.03. The van der Waals surface area contributed by atoms with Gasteiger partial charge in [0, 0.05) is 31.0 Å². The molecule has 0 unspecified atom stereocenters. The lowest BCUT2D eigenvalue weighted by Gasteiger charge is -2.23. The van der Waals surface area contributed by atoms with Crippen molar-refractivity contribution in [3.63, 3.8) is 0 Å². The molecule has 0 aliphatic heterocycles. The van der Waals surface area contributed by atoms with Gasteiger partial charge >= 0.3 is 0 Å². The Labute approximate surface area is 90.5 Å². The zero-order valence-electron chi connectivity index (χ0n) is 9.11. The maximum Gasteiger partial charge on any atom is 0.141 e. The number of hydrogen-bond acceptors (Lipinski definition) is 4. The molecule has 1 fully saturated rings. The second-order valence-electron chi connectivity index (χ2n) is 4.03. The summed E-state index contributed by atoms with van der Waals surface area (Å²) in [5.41, 5.74) is 3.78. The van der Waals surface area contributed by atoms with Crippen molar-refractivity contribution in [1.82, 2.24) is 4.98 Å². The van der Waals surface area contributed by atoms with Gasteiger partial charge in [0.1, 0.15) is 5.82 Å². The largest absolute Gasteiger partial charge is 0.371 e. The first-order valence-electron chi connectivity index (χ1n) is 5.51. The third-order valence-electron chi connectivity index (χ3n) is 2.81. The normalized spacial score (nSPS) is 15.1. The molecule has 0 amide bonds. The van der Waals surface area contributed by atoms with Crippen LogP contribution >= 0.6 is 0 Å². The molecule has 0 atom stereocenters. The summed E-state index contributed by atoms with van der Waals surface area (Å²) >= 11 is 0. The molecule has 1 saturated carbocycles. The molecule has 2 rings (SSSR count). The topological polar surface area (TPSA) is 54.2 Å². The fourth-order valence-electron chi connectivity index (χ4n) is 1.72. The summed E-state index contributed by atoms with van der Waals surface area (Å²) < 4.78 is 0. The minimum absolute atomic E-state index is 0.724. The van der Waals surface area contributed by atoms with E-state index < -0.39 is 0 Å². The number of nitrogen functional groups attached to an aromatic ring is 1. The Kier molecular flexibility index (Phi) is 3.06. The highest BCUT2D eigenvalue weighted by atomic mass is 15.2. The number of nitrogens with one attached hydrogen (secondary N) is 1. The van der Waals surface area contributed by atoms with E-state index >= 15 is 0 Å². The highest BCUT2D eigenvalue weighted by Gasteiger charge is 2.23. The van der Waals surface area contributed by atoms with Crippen LogP contribution in [0.5, 0.6) is 0 Å². The highest BCUT2D eigenvalue weighted by molar-refractivity contribution is 5.53. The van der Waals surface area contributed by atoms with Gasteiger partial charge in [-0.2, -0.15) is 0 Å². The third-order valence-corrected chi connectivity index (χ3v) is 2.81. The van der Waals surface area contributed by atoms with Gasteiger partial charge in [0.2, 0.25) is 0 Å². The number of pyridine rings is 1. The molecule has 1 aromatic heterocycles. The van der Waals surface area contributed by atoms with Crippen LogP contribution in [0.15, 0.2) is 18.3 Å².